The van der Waals surface area contributed by atoms with Gasteiger partial charge < -0.3 is 24.8 Å². The maximum absolute atomic E-state index is 11.9. The van der Waals surface area contributed by atoms with Crippen LogP contribution in [0.4, 0.5) is 4.79 Å². The number of carboxylic acid groups (broad SMARTS) is 1. The summed E-state index contributed by atoms with van der Waals surface area (Å²) in [5.41, 5.74) is 0. The summed E-state index contributed by atoms with van der Waals surface area (Å²) in [7, 11) is 1.60. The summed E-state index contributed by atoms with van der Waals surface area (Å²) >= 11 is 0. The van der Waals surface area contributed by atoms with Crippen molar-refractivity contribution in [3.05, 3.63) is 24.3 Å². The molecule has 7 heteroatoms. The van der Waals surface area contributed by atoms with Gasteiger partial charge in [0.25, 0.3) is 0 Å². The van der Waals surface area contributed by atoms with Crippen LogP contribution in [0.5, 0.6) is 11.5 Å². The van der Waals surface area contributed by atoms with E-state index >= 15 is 0 Å². The van der Waals surface area contributed by atoms with Crippen LogP contribution in [-0.4, -0.2) is 55.4 Å². The van der Waals surface area contributed by atoms with Crippen molar-refractivity contribution in [2.75, 3.05) is 33.4 Å². The third kappa shape index (κ3) is 4.28. The Morgan fingerprint density at radius 2 is 2.00 bits per heavy atom. The number of aliphatic carboxylic acids is 1. The maximum atomic E-state index is 11.9. The first-order chi connectivity index (χ1) is 10.6. The highest BCUT2D eigenvalue weighted by Gasteiger charge is 2.30. The van der Waals surface area contributed by atoms with E-state index in [4.69, 9.17) is 14.6 Å². The minimum atomic E-state index is -0.849. The number of carbonyl (C=O) groups excluding carboxylic acids is 1. The van der Waals surface area contributed by atoms with Gasteiger partial charge in [0, 0.05) is 13.1 Å². The molecule has 1 aromatic rings. The topological polar surface area (TPSA) is 88.1 Å². The van der Waals surface area contributed by atoms with Crippen LogP contribution in [0.25, 0.3) is 0 Å². The van der Waals surface area contributed by atoms with E-state index in [9.17, 15) is 9.59 Å². The molecule has 1 atom stereocenters. The zero-order chi connectivity index (χ0) is 15.9. The summed E-state index contributed by atoms with van der Waals surface area (Å²) in [5, 5.41) is 11.6. The van der Waals surface area contributed by atoms with Gasteiger partial charge in [0.15, 0.2) is 0 Å². The van der Waals surface area contributed by atoms with Crippen LogP contribution >= 0.6 is 0 Å². The van der Waals surface area contributed by atoms with E-state index in [1.54, 1.807) is 31.4 Å². The maximum Gasteiger partial charge on any atom is 0.317 e. The molecule has 2 rings (SSSR count). The second kappa shape index (κ2) is 7.53. The zero-order valence-corrected chi connectivity index (χ0v) is 12.4. The first-order valence-electron chi connectivity index (χ1n) is 7.12. The van der Waals surface area contributed by atoms with Gasteiger partial charge >= 0.3 is 12.0 Å². The van der Waals surface area contributed by atoms with E-state index in [1.807, 2.05) is 0 Å². The number of nitrogens with zero attached hydrogens (tertiary/aromatic N) is 1. The van der Waals surface area contributed by atoms with E-state index < -0.39 is 11.9 Å². The second-order valence-electron chi connectivity index (χ2n) is 5.03. The Kier molecular flexibility index (Phi) is 5.46. The number of benzene rings is 1. The average Bonchev–Trinajstić information content (AvgIpc) is 3.02. The molecule has 1 aliphatic heterocycles. The summed E-state index contributed by atoms with van der Waals surface area (Å²) in [4.78, 5) is 24.2. The van der Waals surface area contributed by atoms with Gasteiger partial charge in [-0.3, -0.25) is 4.79 Å². The van der Waals surface area contributed by atoms with Crippen LogP contribution < -0.4 is 14.8 Å². The minimum absolute atomic E-state index is 0.248. The summed E-state index contributed by atoms with van der Waals surface area (Å²) in [6.07, 6.45) is 0.505. The Labute approximate surface area is 128 Å². The molecule has 1 fully saturated rings. The Morgan fingerprint density at radius 3 is 2.59 bits per heavy atom. The van der Waals surface area contributed by atoms with Crippen molar-refractivity contribution in [1.29, 1.82) is 0 Å². The first-order valence-corrected chi connectivity index (χ1v) is 7.12. The minimum Gasteiger partial charge on any atom is -0.497 e. The third-order valence-corrected chi connectivity index (χ3v) is 3.53. The molecule has 1 aromatic carbocycles. The van der Waals surface area contributed by atoms with Crippen molar-refractivity contribution >= 4 is 12.0 Å². The van der Waals surface area contributed by atoms with E-state index in [2.05, 4.69) is 5.32 Å². The van der Waals surface area contributed by atoms with Crippen LogP contribution in [0.15, 0.2) is 24.3 Å². The molecule has 22 heavy (non-hydrogen) atoms. The van der Waals surface area contributed by atoms with Crippen molar-refractivity contribution in [2.45, 2.75) is 6.42 Å². The van der Waals surface area contributed by atoms with Crippen LogP contribution in [0.2, 0.25) is 0 Å². The molecule has 0 saturated carbocycles. The molecule has 0 spiro atoms. The largest absolute Gasteiger partial charge is 0.497 e. The Hall–Kier alpha value is -2.44. The van der Waals surface area contributed by atoms with Crippen LogP contribution in [0, 0.1) is 5.92 Å². The van der Waals surface area contributed by atoms with E-state index in [0.29, 0.717) is 31.9 Å². The summed E-state index contributed by atoms with van der Waals surface area (Å²) < 4.78 is 10.5. The Bertz CT molecular complexity index is 517. The normalized spacial score (nSPS) is 17.1. The first kappa shape index (κ1) is 15.9. The highest BCUT2D eigenvalue weighted by molar-refractivity contribution is 5.77. The Morgan fingerprint density at radius 1 is 1.32 bits per heavy atom. The van der Waals surface area contributed by atoms with Crippen molar-refractivity contribution in [3.63, 3.8) is 0 Å². The molecule has 120 valence electrons. The lowest BCUT2D eigenvalue weighted by Crippen LogP contribution is -2.40. The molecule has 1 unspecified atom stereocenters. The second-order valence-corrected chi connectivity index (χ2v) is 5.03. The lowest BCUT2D eigenvalue weighted by atomic mass is 10.1. The number of rotatable bonds is 6. The highest BCUT2D eigenvalue weighted by atomic mass is 16.5. The number of hydrogen-bond acceptors (Lipinski definition) is 4. The van der Waals surface area contributed by atoms with Crippen molar-refractivity contribution < 1.29 is 24.2 Å². The molecule has 7 nitrogen and oxygen atoms in total. The van der Waals surface area contributed by atoms with Gasteiger partial charge in [-0.2, -0.15) is 0 Å². The lowest BCUT2D eigenvalue weighted by molar-refractivity contribution is -0.141. The van der Waals surface area contributed by atoms with Crippen molar-refractivity contribution in [2.24, 2.45) is 5.92 Å². The number of nitrogens with one attached hydrogen (secondary N) is 1. The van der Waals surface area contributed by atoms with E-state index in [1.165, 1.54) is 4.90 Å². The summed E-state index contributed by atoms with van der Waals surface area (Å²) in [6.45, 7) is 1.44. The van der Waals surface area contributed by atoms with Gasteiger partial charge in [-0.15, -0.1) is 0 Å². The van der Waals surface area contributed by atoms with Gasteiger partial charge in [-0.1, -0.05) is 0 Å². The van der Waals surface area contributed by atoms with Gasteiger partial charge in [-0.25, -0.2) is 4.79 Å². The summed E-state index contributed by atoms with van der Waals surface area (Å²) in [5.74, 6) is 0.143. The van der Waals surface area contributed by atoms with Gasteiger partial charge in [0.05, 0.1) is 19.6 Å². The fourth-order valence-electron chi connectivity index (χ4n) is 2.26. The fraction of sp³-hybridized carbons (Fsp3) is 0.467. The van der Waals surface area contributed by atoms with Crippen molar-refractivity contribution in [3.8, 4) is 11.5 Å². The molecular weight excluding hydrogens is 288 g/mol. The number of likely N-dealkylation sites (tertiary alicyclic amines) is 1. The predicted octanol–water partition coefficient (Wildman–Crippen LogP) is 1.19. The SMILES string of the molecule is COc1ccc(OCCNC(=O)N2CCC(C(=O)O)C2)cc1. The van der Waals surface area contributed by atoms with Crippen LogP contribution in [-0.2, 0) is 4.79 Å². The highest BCUT2D eigenvalue weighted by Crippen LogP contribution is 2.17. The number of amides is 2. The van der Waals surface area contributed by atoms with Gasteiger partial charge in [0.2, 0.25) is 0 Å². The molecule has 0 aromatic heterocycles. The Balaban J connectivity index is 1.66. The van der Waals surface area contributed by atoms with Crippen molar-refractivity contribution in [1.82, 2.24) is 10.2 Å². The smallest absolute Gasteiger partial charge is 0.317 e. The molecule has 1 aliphatic rings. The molecule has 1 heterocycles. The average molecular weight is 308 g/mol. The molecule has 0 aliphatic carbocycles. The van der Waals surface area contributed by atoms with E-state index in [-0.39, 0.29) is 12.6 Å². The number of carbonyl (C=O) groups is 2. The number of carboxylic acids is 1. The number of urea groups is 1. The number of hydrogen-bond donors (Lipinski definition) is 2. The quantitative estimate of drug-likeness (QED) is 0.771. The van der Waals surface area contributed by atoms with Crippen LogP contribution in [0.1, 0.15) is 6.42 Å². The van der Waals surface area contributed by atoms with Gasteiger partial charge in [-0.05, 0) is 30.7 Å². The standard InChI is InChI=1S/C15H20N2O5/c1-21-12-2-4-13(5-3-12)22-9-7-16-15(20)17-8-6-11(10-17)14(18)19/h2-5,11H,6-10H2,1H3,(H,16,20)(H,18,19). The lowest BCUT2D eigenvalue weighted by Gasteiger charge is -2.16. The molecule has 0 bridgehead atoms. The number of methoxy groups -OCH3 is 1. The monoisotopic (exact) mass is 308 g/mol. The number of ether oxygens (including phenoxy) is 2. The molecule has 1 saturated heterocycles. The molecule has 2 N–H and O–H groups in total. The van der Waals surface area contributed by atoms with E-state index in [0.717, 1.165) is 5.75 Å². The molecular formula is C15H20N2O5. The third-order valence-electron chi connectivity index (χ3n) is 3.53. The molecule has 0 radical (unpaired) electrons. The summed E-state index contributed by atoms with van der Waals surface area (Å²) in [6, 6.07) is 6.92. The fourth-order valence-corrected chi connectivity index (χ4v) is 2.26. The predicted molar refractivity (Wildman–Crippen MR) is 79.2 cm³/mol. The van der Waals surface area contributed by atoms with Crippen LogP contribution in [0.3, 0.4) is 0 Å². The molecule has 2 amide bonds. The zero-order valence-electron chi connectivity index (χ0n) is 12.4. The van der Waals surface area contributed by atoms with Gasteiger partial charge in [0.1, 0.15) is 18.1 Å².